The number of esters is 2. The minimum absolute atomic E-state index is 0.0366. The Kier molecular flexibility index (Phi) is 4.99. The van der Waals surface area contributed by atoms with Gasteiger partial charge in [0.05, 0.1) is 24.7 Å². The molecule has 7 nitrogen and oxygen atoms in total. The van der Waals surface area contributed by atoms with Crippen molar-refractivity contribution in [2.75, 3.05) is 14.2 Å². The summed E-state index contributed by atoms with van der Waals surface area (Å²) in [5, 5.41) is 10.9. The Balaban J connectivity index is 3.01. The van der Waals surface area contributed by atoms with Crippen molar-refractivity contribution in [1.29, 1.82) is 0 Å². The van der Waals surface area contributed by atoms with Crippen molar-refractivity contribution in [3.63, 3.8) is 0 Å². The fraction of sp³-hybridized carbons (Fsp3) is 0.333. The smallest absolute Gasteiger partial charge is 0.338 e. The molecule has 0 aliphatic carbocycles. The number of nitro groups is 1. The van der Waals surface area contributed by atoms with E-state index in [4.69, 9.17) is 0 Å². The highest BCUT2D eigenvalue weighted by molar-refractivity contribution is 5.90. The van der Waals surface area contributed by atoms with Crippen molar-refractivity contribution in [2.24, 2.45) is 0 Å². The zero-order chi connectivity index (χ0) is 14.4. The largest absolute Gasteiger partial charge is 0.469 e. The van der Waals surface area contributed by atoms with E-state index in [1.807, 2.05) is 0 Å². The van der Waals surface area contributed by atoms with Gasteiger partial charge in [-0.2, -0.15) is 0 Å². The molecule has 0 atom stereocenters. The molecule has 0 N–H and O–H groups in total. The van der Waals surface area contributed by atoms with E-state index in [0.29, 0.717) is 5.56 Å². The molecular weight excluding hydrogens is 254 g/mol. The minimum atomic E-state index is -0.650. The second-order valence-corrected chi connectivity index (χ2v) is 3.67. The second-order valence-electron chi connectivity index (χ2n) is 3.67. The van der Waals surface area contributed by atoms with Crippen molar-refractivity contribution < 1.29 is 24.0 Å². The number of nitro benzene ring substituents is 1. The summed E-state index contributed by atoms with van der Waals surface area (Å²) >= 11 is 0. The van der Waals surface area contributed by atoms with Crippen LogP contribution in [0, 0.1) is 10.1 Å². The molecule has 7 heteroatoms. The number of hydrogen-bond donors (Lipinski definition) is 0. The summed E-state index contributed by atoms with van der Waals surface area (Å²) < 4.78 is 8.96. The third-order valence-corrected chi connectivity index (χ3v) is 2.53. The average Bonchev–Trinajstić information content (AvgIpc) is 2.43. The van der Waals surface area contributed by atoms with Crippen LogP contribution in [0.25, 0.3) is 0 Å². The van der Waals surface area contributed by atoms with Gasteiger partial charge in [0.2, 0.25) is 0 Å². The normalized spacial score (nSPS) is 9.79. The van der Waals surface area contributed by atoms with E-state index in [-0.39, 0.29) is 24.1 Å². The standard InChI is InChI=1S/C12H13NO6/c1-18-11(14)6-5-8-3-4-9(12(15)19-2)7-10(8)13(16)17/h3-4,7H,5-6H2,1-2H3. The monoisotopic (exact) mass is 267 g/mol. The first-order chi connectivity index (χ1) is 8.99. The van der Waals surface area contributed by atoms with Crippen LogP contribution in [0.4, 0.5) is 5.69 Å². The maximum absolute atomic E-state index is 11.3. The van der Waals surface area contributed by atoms with Crippen molar-refractivity contribution in [1.82, 2.24) is 0 Å². The number of methoxy groups -OCH3 is 2. The molecule has 0 aliphatic heterocycles. The fourth-order valence-corrected chi connectivity index (χ4v) is 1.53. The molecule has 0 fully saturated rings. The predicted octanol–water partition coefficient (Wildman–Crippen LogP) is 1.49. The van der Waals surface area contributed by atoms with Crippen LogP contribution in [0.1, 0.15) is 22.3 Å². The first-order valence-electron chi connectivity index (χ1n) is 5.42. The topological polar surface area (TPSA) is 95.7 Å². The SMILES string of the molecule is COC(=O)CCc1ccc(C(=O)OC)cc1[N+](=O)[O-]. The Morgan fingerprint density at radius 3 is 2.47 bits per heavy atom. The fourth-order valence-electron chi connectivity index (χ4n) is 1.53. The summed E-state index contributed by atoms with van der Waals surface area (Å²) in [6.07, 6.45) is 0.208. The zero-order valence-electron chi connectivity index (χ0n) is 10.5. The van der Waals surface area contributed by atoms with Crippen LogP contribution in [-0.4, -0.2) is 31.1 Å². The van der Waals surface area contributed by atoms with E-state index >= 15 is 0 Å². The molecule has 0 saturated carbocycles. The van der Waals surface area contributed by atoms with E-state index in [9.17, 15) is 19.7 Å². The van der Waals surface area contributed by atoms with Gasteiger partial charge in [-0.25, -0.2) is 4.79 Å². The molecule has 0 radical (unpaired) electrons. The number of ether oxygens (including phenoxy) is 2. The van der Waals surface area contributed by atoms with Crippen molar-refractivity contribution in [3.05, 3.63) is 39.4 Å². The molecule has 102 valence electrons. The Morgan fingerprint density at radius 1 is 1.26 bits per heavy atom. The van der Waals surface area contributed by atoms with Gasteiger partial charge in [0.25, 0.3) is 5.69 Å². The Bertz CT molecular complexity index is 511. The maximum atomic E-state index is 11.3. The predicted molar refractivity (Wildman–Crippen MR) is 64.8 cm³/mol. The molecule has 0 amide bonds. The van der Waals surface area contributed by atoms with Gasteiger partial charge < -0.3 is 9.47 Å². The van der Waals surface area contributed by atoms with E-state index in [2.05, 4.69) is 9.47 Å². The van der Waals surface area contributed by atoms with E-state index in [1.54, 1.807) is 0 Å². The van der Waals surface area contributed by atoms with Crippen LogP contribution >= 0.6 is 0 Å². The lowest BCUT2D eigenvalue weighted by Gasteiger charge is -2.04. The highest BCUT2D eigenvalue weighted by Gasteiger charge is 2.18. The van der Waals surface area contributed by atoms with Crippen LogP contribution in [0.3, 0.4) is 0 Å². The maximum Gasteiger partial charge on any atom is 0.338 e. The van der Waals surface area contributed by atoms with Crippen LogP contribution in [0.5, 0.6) is 0 Å². The van der Waals surface area contributed by atoms with Gasteiger partial charge in [0.15, 0.2) is 0 Å². The summed E-state index contributed by atoms with van der Waals surface area (Å²) in [6.45, 7) is 0. The number of benzene rings is 1. The number of hydrogen-bond acceptors (Lipinski definition) is 6. The number of rotatable bonds is 5. The van der Waals surface area contributed by atoms with Crippen molar-refractivity contribution >= 4 is 17.6 Å². The highest BCUT2D eigenvalue weighted by atomic mass is 16.6. The second kappa shape index (κ2) is 6.48. The lowest BCUT2D eigenvalue weighted by Crippen LogP contribution is -2.06. The van der Waals surface area contributed by atoms with Crippen LogP contribution in [0.15, 0.2) is 18.2 Å². The molecule has 0 aromatic heterocycles. The molecule has 1 rings (SSSR count). The zero-order valence-corrected chi connectivity index (χ0v) is 10.5. The number of nitrogens with zero attached hydrogens (tertiary/aromatic N) is 1. The Labute approximate surface area is 109 Å². The highest BCUT2D eigenvalue weighted by Crippen LogP contribution is 2.22. The van der Waals surface area contributed by atoms with Crippen LogP contribution in [-0.2, 0) is 20.7 Å². The molecule has 19 heavy (non-hydrogen) atoms. The van der Waals surface area contributed by atoms with Gasteiger partial charge >= 0.3 is 11.9 Å². The molecular formula is C12H13NO6. The molecule has 1 aromatic rings. The number of carbonyl (C=O) groups is 2. The third kappa shape index (κ3) is 3.77. The van der Waals surface area contributed by atoms with Crippen LogP contribution in [0.2, 0.25) is 0 Å². The van der Waals surface area contributed by atoms with Gasteiger partial charge in [-0.3, -0.25) is 14.9 Å². The minimum Gasteiger partial charge on any atom is -0.469 e. The number of aryl methyl sites for hydroxylation is 1. The summed E-state index contributed by atoms with van der Waals surface area (Å²) in [6, 6.07) is 4.00. The van der Waals surface area contributed by atoms with Crippen molar-refractivity contribution in [3.8, 4) is 0 Å². The molecule has 0 saturated heterocycles. The molecule has 0 unspecified atom stereocenters. The Hall–Kier alpha value is -2.44. The van der Waals surface area contributed by atoms with E-state index in [1.165, 1.54) is 26.4 Å². The van der Waals surface area contributed by atoms with Gasteiger partial charge in [-0.05, 0) is 12.5 Å². The summed E-state index contributed by atoms with van der Waals surface area (Å²) in [7, 11) is 2.44. The van der Waals surface area contributed by atoms with Gasteiger partial charge in [0, 0.05) is 18.1 Å². The first-order valence-corrected chi connectivity index (χ1v) is 5.42. The lowest BCUT2D eigenvalue weighted by molar-refractivity contribution is -0.385. The van der Waals surface area contributed by atoms with E-state index < -0.39 is 16.9 Å². The van der Waals surface area contributed by atoms with Crippen molar-refractivity contribution in [2.45, 2.75) is 12.8 Å². The molecule has 0 spiro atoms. The quantitative estimate of drug-likeness (QED) is 0.455. The van der Waals surface area contributed by atoms with Gasteiger partial charge in [-0.1, -0.05) is 6.07 Å². The van der Waals surface area contributed by atoms with Gasteiger partial charge in [-0.15, -0.1) is 0 Å². The molecule has 1 aromatic carbocycles. The van der Waals surface area contributed by atoms with Gasteiger partial charge in [0.1, 0.15) is 0 Å². The lowest BCUT2D eigenvalue weighted by atomic mass is 10.0. The van der Waals surface area contributed by atoms with E-state index in [0.717, 1.165) is 6.07 Å². The average molecular weight is 267 g/mol. The molecule has 0 aliphatic rings. The first kappa shape index (κ1) is 14.6. The summed E-state index contributed by atoms with van der Waals surface area (Å²) in [5.41, 5.74) is 0.242. The summed E-state index contributed by atoms with van der Waals surface area (Å²) in [5.74, 6) is -1.10. The molecule has 0 bridgehead atoms. The van der Waals surface area contributed by atoms with Crippen LogP contribution < -0.4 is 0 Å². The summed E-state index contributed by atoms with van der Waals surface area (Å²) in [4.78, 5) is 32.7. The number of carbonyl (C=O) groups excluding carboxylic acids is 2. The Morgan fingerprint density at radius 2 is 1.95 bits per heavy atom. The third-order valence-electron chi connectivity index (χ3n) is 2.53. The molecule has 0 heterocycles.